The SMILES string of the molecule is NC1(C(=O)Nc2nc(-c3ccccn3)cs2)CCCC1. The van der Waals surface area contributed by atoms with Gasteiger partial charge in [-0.05, 0) is 25.0 Å². The van der Waals surface area contributed by atoms with E-state index >= 15 is 0 Å². The lowest BCUT2D eigenvalue weighted by Gasteiger charge is -2.21. The van der Waals surface area contributed by atoms with Crippen LogP contribution in [-0.2, 0) is 4.79 Å². The van der Waals surface area contributed by atoms with Crippen LogP contribution in [0, 0.1) is 0 Å². The van der Waals surface area contributed by atoms with Gasteiger partial charge in [-0.25, -0.2) is 4.98 Å². The molecule has 0 saturated heterocycles. The summed E-state index contributed by atoms with van der Waals surface area (Å²) in [6.45, 7) is 0. The minimum Gasteiger partial charge on any atom is -0.317 e. The largest absolute Gasteiger partial charge is 0.317 e. The van der Waals surface area contributed by atoms with Gasteiger partial charge in [0.15, 0.2) is 5.13 Å². The van der Waals surface area contributed by atoms with Crippen LogP contribution in [0.1, 0.15) is 25.7 Å². The van der Waals surface area contributed by atoms with Gasteiger partial charge in [0.25, 0.3) is 0 Å². The molecule has 1 amide bonds. The Balaban J connectivity index is 1.73. The quantitative estimate of drug-likeness (QED) is 0.908. The highest BCUT2D eigenvalue weighted by molar-refractivity contribution is 7.14. The van der Waals surface area contributed by atoms with Crippen LogP contribution in [0.3, 0.4) is 0 Å². The zero-order valence-corrected chi connectivity index (χ0v) is 11.8. The number of amides is 1. The maximum absolute atomic E-state index is 12.2. The zero-order chi connectivity index (χ0) is 14.0. The minimum absolute atomic E-state index is 0.128. The standard InChI is InChI=1S/C14H16N4OS/c15-14(6-2-3-7-14)12(19)18-13-17-11(9-20-13)10-5-1-4-8-16-10/h1,4-5,8-9H,2-3,6-7,15H2,(H,17,18,19). The predicted octanol–water partition coefficient (Wildman–Crippen LogP) is 2.42. The number of hydrogen-bond donors (Lipinski definition) is 2. The lowest BCUT2D eigenvalue weighted by Crippen LogP contribution is -2.48. The van der Waals surface area contributed by atoms with Crippen LogP contribution in [0.15, 0.2) is 29.8 Å². The molecule has 0 aliphatic heterocycles. The van der Waals surface area contributed by atoms with Gasteiger partial charge >= 0.3 is 0 Å². The van der Waals surface area contributed by atoms with E-state index in [1.54, 1.807) is 6.20 Å². The third-order valence-corrected chi connectivity index (χ3v) is 4.36. The molecule has 0 radical (unpaired) electrons. The van der Waals surface area contributed by atoms with Gasteiger partial charge in [0.1, 0.15) is 5.69 Å². The van der Waals surface area contributed by atoms with Crippen molar-refractivity contribution in [1.29, 1.82) is 0 Å². The van der Waals surface area contributed by atoms with E-state index in [9.17, 15) is 4.79 Å². The Labute approximate surface area is 121 Å². The first-order valence-electron chi connectivity index (χ1n) is 6.65. The van der Waals surface area contributed by atoms with Crippen molar-refractivity contribution in [2.75, 3.05) is 5.32 Å². The Hall–Kier alpha value is -1.79. The average molecular weight is 288 g/mol. The molecule has 104 valence electrons. The number of anilines is 1. The summed E-state index contributed by atoms with van der Waals surface area (Å²) >= 11 is 1.39. The maximum atomic E-state index is 12.2. The Morgan fingerprint density at radius 1 is 1.30 bits per heavy atom. The van der Waals surface area contributed by atoms with Crippen molar-refractivity contribution in [2.45, 2.75) is 31.2 Å². The molecule has 3 N–H and O–H groups in total. The molecule has 0 spiro atoms. The Morgan fingerprint density at radius 3 is 2.80 bits per heavy atom. The molecular formula is C14H16N4OS. The van der Waals surface area contributed by atoms with Crippen molar-refractivity contribution in [3.63, 3.8) is 0 Å². The topological polar surface area (TPSA) is 80.9 Å². The van der Waals surface area contributed by atoms with Gasteiger partial charge in [0.2, 0.25) is 5.91 Å². The average Bonchev–Trinajstić information content (AvgIpc) is 3.10. The smallest absolute Gasteiger partial charge is 0.246 e. The van der Waals surface area contributed by atoms with Gasteiger partial charge in [-0.15, -0.1) is 11.3 Å². The monoisotopic (exact) mass is 288 g/mol. The number of hydrogen-bond acceptors (Lipinski definition) is 5. The van der Waals surface area contributed by atoms with Gasteiger partial charge in [0, 0.05) is 11.6 Å². The van der Waals surface area contributed by atoms with Crippen molar-refractivity contribution in [3.8, 4) is 11.4 Å². The number of nitrogens with one attached hydrogen (secondary N) is 1. The second kappa shape index (κ2) is 5.30. The van der Waals surface area contributed by atoms with Crippen LogP contribution in [-0.4, -0.2) is 21.4 Å². The second-order valence-electron chi connectivity index (χ2n) is 5.07. The van der Waals surface area contributed by atoms with Crippen LogP contribution in [0.2, 0.25) is 0 Å². The first kappa shape index (κ1) is 13.2. The van der Waals surface area contributed by atoms with Crippen LogP contribution >= 0.6 is 11.3 Å². The van der Waals surface area contributed by atoms with E-state index in [1.165, 1.54) is 11.3 Å². The number of rotatable bonds is 3. The zero-order valence-electron chi connectivity index (χ0n) is 11.0. The summed E-state index contributed by atoms with van der Waals surface area (Å²) < 4.78 is 0. The number of pyridine rings is 1. The Morgan fingerprint density at radius 2 is 2.10 bits per heavy atom. The van der Waals surface area contributed by atoms with Gasteiger partial charge in [-0.1, -0.05) is 18.9 Å². The van der Waals surface area contributed by atoms with E-state index in [2.05, 4.69) is 15.3 Å². The third-order valence-electron chi connectivity index (χ3n) is 3.60. The Bertz CT molecular complexity index is 605. The van der Waals surface area contributed by atoms with E-state index in [1.807, 2.05) is 23.6 Å². The lowest BCUT2D eigenvalue weighted by atomic mass is 9.98. The molecule has 1 aliphatic rings. The fourth-order valence-electron chi connectivity index (χ4n) is 2.42. The van der Waals surface area contributed by atoms with Crippen molar-refractivity contribution in [1.82, 2.24) is 9.97 Å². The highest BCUT2D eigenvalue weighted by Crippen LogP contribution is 2.29. The van der Waals surface area contributed by atoms with Crippen LogP contribution in [0.4, 0.5) is 5.13 Å². The molecule has 0 atom stereocenters. The summed E-state index contributed by atoms with van der Waals surface area (Å²) in [6.07, 6.45) is 5.25. The highest BCUT2D eigenvalue weighted by atomic mass is 32.1. The second-order valence-corrected chi connectivity index (χ2v) is 5.93. The molecule has 2 heterocycles. The molecule has 20 heavy (non-hydrogen) atoms. The molecule has 2 aromatic rings. The number of nitrogens with zero attached hydrogens (tertiary/aromatic N) is 2. The number of carbonyl (C=O) groups excluding carboxylic acids is 1. The van der Waals surface area contributed by atoms with Crippen LogP contribution < -0.4 is 11.1 Å². The number of aromatic nitrogens is 2. The van der Waals surface area contributed by atoms with Crippen LogP contribution in [0.25, 0.3) is 11.4 Å². The van der Waals surface area contributed by atoms with Crippen molar-refractivity contribution >= 4 is 22.4 Å². The summed E-state index contributed by atoms with van der Waals surface area (Å²) in [5.41, 5.74) is 6.96. The van der Waals surface area contributed by atoms with Gasteiger partial charge in [-0.2, -0.15) is 0 Å². The molecule has 1 fully saturated rings. The lowest BCUT2D eigenvalue weighted by molar-refractivity contribution is -0.121. The fraction of sp³-hybridized carbons (Fsp3) is 0.357. The first-order chi connectivity index (χ1) is 9.67. The van der Waals surface area contributed by atoms with Crippen LogP contribution in [0.5, 0.6) is 0 Å². The number of thiazole rings is 1. The fourth-order valence-corrected chi connectivity index (χ4v) is 3.12. The van der Waals surface area contributed by atoms with Gasteiger partial charge in [-0.3, -0.25) is 9.78 Å². The maximum Gasteiger partial charge on any atom is 0.246 e. The normalized spacial score (nSPS) is 17.1. The molecule has 0 unspecified atom stereocenters. The van der Waals surface area contributed by atoms with E-state index in [0.29, 0.717) is 5.13 Å². The Kier molecular flexibility index (Phi) is 3.50. The molecule has 3 rings (SSSR count). The molecule has 0 aromatic carbocycles. The number of nitrogens with two attached hydrogens (primary N) is 1. The van der Waals surface area contributed by atoms with Crippen molar-refractivity contribution < 1.29 is 4.79 Å². The molecule has 1 aliphatic carbocycles. The summed E-state index contributed by atoms with van der Waals surface area (Å²) in [6, 6.07) is 5.66. The minimum atomic E-state index is -0.725. The van der Waals surface area contributed by atoms with Crippen molar-refractivity contribution in [3.05, 3.63) is 29.8 Å². The summed E-state index contributed by atoms with van der Waals surface area (Å²) in [5, 5.41) is 5.29. The van der Waals surface area contributed by atoms with E-state index in [4.69, 9.17) is 5.73 Å². The molecule has 1 saturated carbocycles. The summed E-state index contributed by atoms with van der Waals surface area (Å²) in [5.74, 6) is -0.128. The molecule has 0 bridgehead atoms. The summed E-state index contributed by atoms with van der Waals surface area (Å²) in [4.78, 5) is 20.8. The summed E-state index contributed by atoms with van der Waals surface area (Å²) in [7, 11) is 0. The first-order valence-corrected chi connectivity index (χ1v) is 7.53. The van der Waals surface area contributed by atoms with Gasteiger partial charge < -0.3 is 11.1 Å². The van der Waals surface area contributed by atoms with E-state index in [-0.39, 0.29) is 5.91 Å². The third kappa shape index (κ3) is 2.57. The molecule has 5 nitrogen and oxygen atoms in total. The van der Waals surface area contributed by atoms with E-state index in [0.717, 1.165) is 37.1 Å². The highest BCUT2D eigenvalue weighted by Gasteiger charge is 2.37. The number of carbonyl (C=O) groups is 1. The van der Waals surface area contributed by atoms with Gasteiger partial charge in [0.05, 0.1) is 11.2 Å². The van der Waals surface area contributed by atoms with E-state index < -0.39 is 5.54 Å². The van der Waals surface area contributed by atoms with Crippen molar-refractivity contribution in [2.24, 2.45) is 5.73 Å². The predicted molar refractivity (Wildman–Crippen MR) is 79.4 cm³/mol. The molecule has 2 aromatic heterocycles. The molecular weight excluding hydrogens is 272 g/mol. The molecule has 6 heteroatoms.